The lowest BCUT2D eigenvalue weighted by molar-refractivity contribution is -0.384. The number of nitro groups is 1. The minimum Gasteiger partial charge on any atom is -0.372 e. The molecule has 0 saturated carbocycles. The third-order valence-electron chi connectivity index (χ3n) is 4.25. The van der Waals surface area contributed by atoms with Gasteiger partial charge in [0, 0.05) is 36.6 Å². The molecule has 0 unspecified atom stereocenters. The number of hydrogen-bond acceptors (Lipinski definition) is 4. The van der Waals surface area contributed by atoms with Crippen molar-refractivity contribution >= 4 is 34.6 Å². The largest absolute Gasteiger partial charge is 0.372 e. The Kier molecular flexibility index (Phi) is 5.19. The Bertz CT molecular complexity index is 787. The van der Waals surface area contributed by atoms with Crippen molar-refractivity contribution < 1.29 is 9.72 Å². The van der Waals surface area contributed by atoms with Gasteiger partial charge in [0.1, 0.15) is 0 Å². The summed E-state index contributed by atoms with van der Waals surface area (Å²) in [5.74, 6) is -0.398. The fourth-order valence-corrected chi connectivity index (χ4v) is 3.17. The van der Waals surface area contributed by atoms with E-state index in [-0.39, 0.29) is 16.3 Å². The van der Waals surface area contributed by atoms with Gasteiger partial charge in [0.15, 0.2) is 0 Å². The smallest absolute Gasteiger partial charge is 0.270 e. The van der Waals surface area contributed by atoms with Crippen LogP contribution in [0.1, 0.15) is 29.6 Å². The molecule has 3 rings (SSSR count). The lowest BCUT2D eigenvalue weighted by atomic mass is 10.1. The van der Waals surface area contributed by atoms with Crippen LogP contribution in [0.4, 0.5) is 17.1 Å². The number of piperidine rings is 1. The van der Waals surface area contributed by atoms with Gasteiger partial charge in [-0.2, -0.15) is 0 Å². The molecule has 1 aliphatic heterocycles. The number of nitro benzene ring substituents is 1. The molecular formula is C18H18ClN3O3. The lowest BCUT2D eigenvalue weighted by Gasteiger charge is -2.28. The minimum absolute atomic E-state index is 0.0524. The van der Waals surface area contributed by atoms with Crippen LogP contribution in [0.5, 0.6) is 0 Å². The van der Waals surface area contributed by atoms with Crippen molar-refractivity contribution in [2.24, 2.45) is 0 Å². The average molecular weight is 360 g/mol. The highest BCUT2D eigenvalue weighted by Crippen LogP contribution is 2.25. The number of amides is 1. The summed E-state index contributed by atoms with van der Waals surface area (Å²) in [5.41, 5.74) is 1.85. The first kappa shape index (κ1) is 17.2. The van der Waals surface area contributed by atoms with Crippen LogP contribution in [-0.4, -0.2) is 23.9 Å². The van der Waals surface area contributed by atoms with Crippen LogP contribution in [0, 0.1) is 10.1 Å². The van der Waals surface area contributed by atoms with Crippen LogP contribution in [0.2, 0.25) is 5.02 Å². The van der Waals surface area contributed by atoms with E-state index in [1.165, 1.54) is 37.5 Å². The van der Waals surface area contributed by atoms with Crippen LogP contribution >= 0.6 is 11.6 Å². The average Bonchev–Trinajstić information content (AvgIpc) is 2.62. The number of halogens is 1. The molecule has 0 spiro atoms. The first-order chi connectivity index (χ1) is 12.0. The highest BCUT2D eigenvalue weighted by atomic mass is 35.5. The van der Waals surface area contributed by atoms with Gasteiger partial charge in [-0.1, -0.05) is 11.6 Å². The Morgan fingerprint density at radius 3 is 2.36 bits per heavy atom. The monoisotopic (exact) mass is 359 g/mol. The molecule has 7 heteroatoms. The van der Waals surface area contributed by atoms with Gasteiger partial charge < -0.3 is 10.2 Å². The van der Waals surface area contributed by atoms with E-state index in [0.29, 0.717) is 5.69 Å². The van der Waals surface area contributed by atoms with Gasteiger partial charge in [-0.15, -0.1) is 0 Å². The van der Waals surface area contributed by atoms with Crippen LogP contribution in [0.3, 0.4) is 0 Å². The molecule has 2 aromatic carbocycles. The first-order valence-electron chi connectivity index (χ1n) is 8.15. The van der Waals surface area contributed by atoms with E-state index in [1.807, 2.05) is 24.3 Å². The second-order valence-electron chi connectivity index (χ2n) is 5.97. The van der Waals surface area contributed by atoms with Crippen molar-refractivity contribution in [3.05, 3.63) is 63.2 Å². The molecule has 1 heterocycles. The highest BCUT2D eigenvalue weighted by molar-refractivity contribution is 6.34. The molecular weight excluding hydrogens is 342 g/mol. The van der Waals surface area contributed by atoms with E-state index in [4.69, 9.17) is 11.6 Å². The third-order valence-corrected chi connectivity index (χ3v) is 4.57. The fraction of sp³-hybridized carbons (Fsp3) is 0.278. The number of anilines is 2. The predicted octanol–water partition coefficient (Wildman–Crippen LogP) is 4.49. The summed E-state index contributed by atoms with van der Waals surface area (Å²) in [6, 6.07) is 11.5. The zero-order valence-electron chi connectivity index (χ0n) is 13.6. The quantitative estimate of drug-likeness (QED) is 0.644. The Labute approximate surface area is 150 Å². The Morgan fingerprint density at radius 2 is 1.76 bits per heavy atom. The molecule has 130 valence electrons. The van der Waals surface area contributed by atoms with Gasteiger partial charge in [-0.25, -0.2) is 0 Å². The molecule has 1 saturated heterocycles. The van der Waals surface area contributed by atoms with Crippen LogP contribution < -0.4 is 10.2 Å². The molecule has 0 atom stereocenters. The molecule has 1 N–H and O–H groups in total. The van der Waals surface area contributed by atoms with Crippen molar-refractivity contribution in [1.82, 2.24) is 0 Å². The molecule has 1 fully saturated rings. The topological polar surface area (TPSA) is 75.5 Å². The summed E-state index contributed by atoms with van der Waals surface area (Å²) >= 11 is 5.99. The number of nitrogens with zero attached hydrogens (tertiary/aromatic N) is 2. The number of benzene rings is 2. The molecule has 0 radical (unpaired) electrons. The van der Waals surface area contributed by atoms with Crippen molar-refractivity contribution in [2.45, 2.75) is 19.3 Å². The summed E-state index contributed by atoms with van der Waals surface area (Å²) < 4.78 is 0. The maximum atomic E-state index is 12.3. The molecule has 25 heavy (non-hydrogen) atoms. The summed E-state index contributed by atoms with van der Waals surface area (Å²) in [5, 5.41) is 13.5. The Hall–Kier alpha value is -2.60. The normalized spacial score (nSPS) is 14.2. The van der Waals surface area contributed by atoms with Gasteiger partial charge in [-0.3, -0.25) is 14.9 Å². The number of nitrogens with one attached hydrogen (secondary N) is 1. The Morgan fingerprint density at radius 1 is 1.08 bits per heavy atom. The maximum Gasteiger partial charge on any atom is 0.270 e. The van der Waals surface area contributed by atoms with Crippen LogP contribution in [0.25, 0.3) is 0 Å². The molecule has 6 nitrogen and oxygen atoms in total. The highest BCUT2D eigenvalue weighted by Gasteiger charge is 2.15. The summed E-state index contributed by atoms with van der Waals surface area (Å²) in [7, 11) is 0. The standard InChI is InChI=1S/C18H18ClN3O3/c19-17-12-15(22(24)25)8-9-16(17)18(23)20-13-4-6-14(7-5-13)21-10-2-1-3-11-21/h4-9,12H,1-3,10-11H2,(H,20,23). The van der Waals surface area contributed by atoms with E-state index in [9.17, 15) is 14.9 Å². The van der Waals surface area contributed by atoms with E-state index >= 15 is 0 Å². The van der Waals surface area contributed by atoms with Crippen LogP contribution in [0.15, 0.2) is 42.5 Å². The van der Waals surface area contributed by atoms with Gasteiger partial charge in [0.2, 0.25) is 0 Å². The van der Waals surface area contributed by atoms with Gasteiger partial charge in [0.25, 0.3) is 11.6 Å². The Balaban J connectivity index is 1.69. The number of carbonyl (C=O) groups excluding carboxylic acids is 1. The van der Waals surface area contributed by atoms with E-state index in [2.05, 4.69) is 10.2 Å². The second kappa shape index (κ2) is 7.53. The van der Waals surface area contributed by atoms with Crippen molar-refractivity contribution in [3.63, 3.8) is 0 Å². The molecule has 1 aliphatic rings. The van der Waals surface area contributed by atoms with E-state index in [1.54, 1.807) is 0 Å². The molecule has 0 aliphatic carbocycles. The van der Waals surface area contributed by atoms with Crippen molar-refractivity contribution in [3.8, 4) is 0 Å². The lowest BCUT2D eigenvalue weighted by Crippen LogP contribution is -2.29. The predicted molar refractivity (Wildman–Crippen MR) is 98.6 cm³/mol. The zero-order valence-corrected chi connectivity index (χ0v) is 14.3. The SMILES string of the molecule is O=C(Nc1ccc(N2CCCCC2)cc1)c1ccc([N+](=O)[O-])cc1Cl. The van der Waals surface area contributed by atoms with Crippen molar-refractivity contribution in [1.29, 1.82) is 0 Å². The second-order valence-corrected chi connectivity index (χ2v) is 6.38. The maximum absolute atomic E-state index is 12.3. The summed E-state index contributed by atoms with van der Waals surface area (Å²) in [6.45, 7) is 2.12. The molecule has 0 bridgehead atoms. The first-order valence-corrected chi connectivity index (χ1v) is 8.53. The summed E-state index contributed by atoms with van der Waals surface area (Å²) in [4.78, 5) is 24.8. The van der Waals surface area contributed by atoms with E-state index < -0.39 is 10.8 Å². The molecule has 1 amide bonds. The van der Waals surface area contributed by atoms with Crippen molar-refractivity contribution in [2.75, 3.05) is 23.3 Å². The van der Waals surface area contributed by atoms with E-state index in [0.717, 1.165) is 18.8 Å². The fourth-order valence-electron chi connectivity index (χ4n) is 2.91. The number of carbonyl (C=O) groups is 1. The number of rotatable bonds is 4. The number of non-ortho nitro benzene ring substituents is 1. The molecule has 0 aromatic heterocycles. The minimum atomic E-state index is -0.549. The van der Waals surface area contributed by atoms with Gasteiger partial charge >= 0.3 is 0 Å². The summed E-state index contributed by atoms with van der Waals surface area (Å²) in [6.07, 6.45) is 3.69. The molecule has 2 aromatic rings. The zero-order chi connectivity index (χ0) is 17.8. The van der Waals surface area contributed by atoms with Gasteiger partial charge in [0.05, 0.1) is 15.5 Å². The van der Waals surface area contributed by atoms with Gasteiger partial charge in [-0.05, 0) is 49.6 Å². The number of hydrogen-bond donors (Lipinski definition) is 1. The third kappa shape index (κ3) is 4.09. The van der Waals surface area contributed by atoms with Crippen LogP contribution in [-0.2, 0) is 0 Å².